The van der Waals surface area contributed by atoms with Gasteiger partial charge in [0.1, 0.15) is 0 Å². The fraction of sp³-hybridized carbons (Fsp3) is 0.600. The van der Waals surface area contributed by atoms with E-state index in [0.29, 0.717) is 38.2 Å². The molecule has 0 fully saturated rings. The molecule has 10 heteroatoms. The minimum Gasteiger partial charge on any atom is -0.478 e. The van der Waals surface area contributed by atoms with Gasteiger partial charge in [0.05, 0.1) is 50.8 Å². The topological polar surface area (TPSA) is 152 Å². The maximum atomic E-state index is 11.8. The lowest BCUT2D eigenvalue weighted by Crippen LogP contribution is -2.16. The average Bonchev–Trinajstić information content (AvgIpc) is 2.71. The van der Waals surface area contributed by atoms with Crippen LogP contribution in [0.4, 0.5) is 0 Å². The van der Waals surface area contributed by atoms with E-state index in [1.807, 2.05) is 0 Å². The number of hydrogen-bond donors (Lipinski definition) is 4. The standard InChI is InChI=1S/C20H30O10/c21-5-1-7-27-9-11-29-13-15-3-4-16(19(23)24)17(18(15)20(25)26)14-30-12-10-28-8-2-6-22/h3-4,21-22H,1-2,5-14H2,(H,23,24)(H,25,26). The van der Waals surface area contributed by atoms with Crippen LogP contribution in [0.3, 0.4) is 0 Å². The first-order valence-corrected chi connectivity index (χ1v) is 9.67. The molecule has 1 rings (SSSR count). The Bertz CT molecular complexity index is 647. The van der Waals surface area contributed by atoms with Gasteiger partial charge in [0.15, 0.2) is 0 Å². The normalized spacial score (nSPS) is 11.0. The molecule has 0 saturated heterocycles. The van der Waals surface area contributed by atoms with Gasteiger partial charge in [-0.15, -0.1) is 0 Å². The monoisotopic (exact) mass is 430 g/mol. The van der Waals surface area contributed by atoms with E-state index in [4.69, 9.17) is 29.2 Å². The fourth-order valence-corrected chi connectivity index (χ4v) is 2.56. The molecule has 0 unspecified atom stereocenters. The Labute approximate surface area is 174 Å². The van der Waals surface area contributed by atoms with Crippen LogP contribution in [0.1, 0.15) is 44.7 Å². The molecule has 1 aromatic rings. The highest BCUT2D eigenvalue weighted by molar-refractivity contribution is 5.97. The van der Waals surface area contributed by atoms with Gasteiger partial charge in [-0.1, -0.05) is 6.07 Å². The van der Waals surface area contributed by atoms with Crippen LogP contribution >= 0.6 is 0 Å². The first-order chi connectivity index (χ1) is 14.5. The summed E-state index contributed by atoms with van der Waals surface area (Å²) in [6.45, 7) is 1.51. The van der Waals surface area contributed by atoms with Crippen molar-refractivity contribution < 1.29 is 49.0 Å². The molecular formula is C20H30O10. The van der Waals surface area contributed by atoms with Crippen molar-refractivity contribution in [2.24, 2.45) is 0 Å². The number of benzene rings is 1. The summed E-state index contributed by atoms with van der Waals surface area (Å²) in [6, 6.07) is 2.75. The summed E-state index contributed by atoms with van der Waals surface area (Å²) >= 11 is 0. The third-order valence-electron chi connectivity index (χ3n) is 3.99. The van der Waals surface area contributed by atoms with Gasteiger partial charge in [-0.25, -0.2) is 9.59 Å². The SMILES string of the molecule is O=C(O)c1ccc(COCCOCCCO)c(C(=O)O)c1COCCOCCCO. The zero-order valence-corrected chi connectivity index (χ0v) is 16.9. The molecule has 0 heterocycles. The van der Waals surface area contributed by atoms with Crippen molar-refractivity contribution in [1.29, 1.82) is 0 Å². The number of hydrogen-bond acceptors (Lipinski definition) is 8. The second kappa shape index (κ2) is 15.7. The summed E-state index contributed by atoms with van der Waals surface area (Å²) in [5.41, 5.74) is 0.0910. The molecule has 0 aromatic heterocycles. The van der Waals surface area contributed by atoms with E-state index in [2.05, 4.69) is 0 Å². The van der Waals surface area contributed by atoms with E-state index in [0.717, 1.165) is 0 Å². The lowest BCUT2D eigenvalue weighted by molar-refractivity contribution is 0.0330. The van der Waals surface area contributed by atoms with Crippen LogP contribution in [-0.2, 0) is 32.2 Å². The molecule has 0 radical (unpaired) electrons. The number of carboxylic acid groups (broad SMARTS) is 2. The molecule has 0 aliphatic heterocycles. The van der Waals surface area contributed by atoms with E-state index in [9.17, 15) is 19.8 Å². The lowest BCUT2D eigenvalue weighted by atomic mass is 9.96. The maximum absolute atomic E-state index is 11.8. The van der Waals surface area contributed by atoms with Crippen LogP contribution in [0.2, 0.25) is 0 Å². The zero-order chi connectivity index (χ0) is 22.2. The van der Waals surface area contributed by atoms with Gasteiger partial charge in [0.25, 0.3) is 0 Å². The number of rotatable bonds is 18. The molecule has 1 aromatic carbocycles. The van der Waals surface area contributed by atoms with Gasteiger partial charge >= 0.3 is 11.9 Å². The Hall–Kier alpha value is -2.08. The van der Waals surface area contributed by atoms with Crippen molar-refractivity contribution in [3.05, 3.63) is 34.4 Å². The Morgan fingerprint density at radius 3 is 1.73 bits per heavy atom. The molecule has 10 nitrogen and oxygen atoms in total. The molecule has 0 spiro atoms. The predicted molar refractivity (Wildman–Crippen MR) is 105 cm³/mol. The second-order valence-electron chi connectivity index (χ2n) is 6.22. The van der Waals surface area contributed by atoms with Crippen molar-refractivity contribution in [1.82, 2.24) is 0 Å². The van der Waals surface area contributed by atoms with Gasteiger partial charge in [0, 0.05) is 32.0 Å². The van der Waals surface area contributed by atoms with Gasteiger partial charge < -0.3 is 39.4 Å². The number of aliphatic hydroxyl groups excluding tert-OH is 2. The lowest BCUT2D eigenvalue weighted by Gasteiger charge is -2.15. The van der Waals surface area contributed by atoms with Crippen molar-refractivity contribution in [2.45, 2.75) is 26.1 Å². The highest BCUT2D eigenvalue weighted by atomic mass is 16.5. The predicted octanol–water partition coefficient (Wildman–Crippen LogP) is 0.914. The Balaban J connectivity index is 2.74. The minimum atomic E-state index is -1.27. The highest BCUT2D eigenvalue weighted by Gasteiger charge is 2.22. The van der Waals surface area contributed by atoms with Gasteiger partial charge in [0.2, 0.25) is 0 Å². The van der Waals surface area contributed by atoms with E-state index < -0.39 is 11.9 Å². The number of aromatic carboxylic acids is 2. The largest absolute Gasteiger partial charge is 0.478 e. The van der Waals surface area contributed by atoms with Crippen LogP contribution in [0, 0.1) is 0 Å². The van der Waals surface area contributed by atoms with E-state index in [1.165, 1.54) is 12.1 Å². The molecule has 0 saturated carbocycles. The minimum absolute atomic E-state index is 0.0223. The summed E-state index contributed by atoms with van der Waals surface area (Å²) in [5, 5.41) is 36.4. The molecule has 30 heavy (non-hydrogen) atoms. The van der Waals surface area contributed by atoms with Crippen molar-refractivity contribution >= 4 is 11.9 Å². The number of carboxylic acids is 2. The fourth-order valence-electron chi connectivity index (χ4n) is 2.56. The van der Waals surface area contributed by atoms with Crippen molar-refractivity contribution in [3.63, 3.8) is 0 Å². The molecule has 4 N–H and O–H groups in total. The Morgan fingerprint density at radius 2 is 1.23 bits per heavy atom. The molecule has 0 amide bonds. The van der Waals surface area contributed by atoms with Crippen molar-refractivity contribution in [3.8, 4) is 0 Å². The summed E-state index contributed by atoms with van der Waals surface area (Å²) in [6.07, 6.45) is 1.02. The first-order valence-electron chi connectivity index (χ1n) is 9.67. The van der Waals surface area contributed by atoms with Gasteiger partial charge in [-0.05, 0) is 24.5 Å². The van der Waals surface area contributed by atoms with Gasteiger partial charge in [-0.2, -0.15) is 0 Å². The third-order valence-corrected chi connectivity index (χ3v) is 3.99. The van der Waals surface area contributed by atoms with Crippen LogP contribution < -0.4 is 0 Å². The van der Waals surface area contributed by atoms with E-state index in [1.54, 1.807) is 0 Å². The smallest absolute Gasteiger partial charge is 0.336 e. The molecule has 0 bridgehead atoms. The quantitative estimate of drug-likeness (QED) is 0.247. The third kappa shape index (κ3) is 9.61. The van der Waals surface area contributed by atoms with Crippen LogP contribution in [0.15, 0.2) is 12.1 Å². The average molecular weight is 430 g/mol. The number of ether oxygens (including phenoxy) is 4. The number of carbonyl (C=O) groups is 2. The second-order valence-corrected chi connectivity index (χ2v) is 6.22. The van der Waals surface area contributed by atoms with Crippen LogP contribution in [0.5, 0.6) is 0 Å². The zero-order valence-electron chi connectivity index (χ0n) is 16.9. The van der Waals surface area contributed by atoms with Crippen LogP contribution in [-0.4, -0.2) is 85.2 Å². The van der Waals surface area contributed by atoms with E-state index in [-0.39, 0.29) is 62.9 Å². The molecular weight excluding hydrogens is 400 g/mol. The molecule has 0 aliphatic rings. The summed E-state index contributed by atoms with van der Waals surface area (Å²) in [7, 11) is 0. The number of aliphatic hydroxyl groups is 2. The highest BCUT2D eigenvalue weighted by Crippen LogP contribution is 2.22. The van der Waals surface area contributed by atoms with Gasteiger partial charge in [-0.3, -0.25) is 0 Å². The summed E-state index contributed by atoms with van der Waals surface area (Å²) in [4.78, 5) is 23.4. The summed E-state index contributed by atoms with van der Waals surface area (Å²) < 4.78 is 21.3. The molecule has 0 atom stereocenters. The Kier molecular flexibility index (Phi) is 13.6. The summed E-state index contributed by atoms with van der Waals surface area (Å²) in [5.74, 6) is -2.52. The Morgan fingerprint density at radius 1 is 0.700 bits per heavy atom. The maximum Gasteiger partial charge on any atom is 0.336 e. The molecule has 170 valence electrons. The van der Waals surface area contributed by atoms with Crippen molar-refractivity contribution in [2.75, 3.05) is 52.9 Å². The molecule has 0 aliphatic carbocycles. The first kappa shape index (κ1) is 26.0. The van der Waals surface area contributed by atoms with Crippen LogP contribution in [0.25, 0.3) is 0 Å². The van der Waals surface area contributed by atoms with E-state index >= 15 is 0 Å².